The zero-order valence-electron chi connectivity index (χ0n) is 10.5. The molecule has 1 aliphatic rings. The van der Waals surface area contributed by atoms with E-state index in [1.165, 1.54) is 5.56 Å². The van der Waals surface area contributed by atoms with Gasteiger partial charge >= 0.3 is 0 Å². The zero-order chi connectivity index (χ0) is 13.0. The molecule has 0 saturated carbocycles. The second kappa shape index (κ2) is 6.87. The van der Waals surface area contributed by atoms with Crippen LogP contribution in [0.3, 0.4) is 0 Å². The molecule has 0 bridgehead atoms. The summed E-state index contributed by atoms with van der Waals surface area (Å²) in [7, 11) is 1.96. The fourth-order valence-corrected chi connectivity index (χ4v) is 2.72. The van der Waals surface area contributed by atoms with Crippen LogP contribution in [0.25, 0.3) is 0 Å². The van der Waals surface area contributed by atoms with Crippen LogP contribution in [0, 0.1) is 0 Å². The van der Waals surface area contributed by atoms with Crippen LogP contribution in [-0.4, -0.2) is 44.3 Å². The van der Waals surface area contributed by atoms with Crippen LogP contribution in [-0.2, 0) is 11.3 Å². The van der Waals surface area contributed by atoms with Crippen molar-refractivity contribution in [2.45, 2.75) is 12.6 Å². The quantitative estimate of drug-likeness (QED) is 0.916. The molecule has 1 N–H and O–H groups in total. The molecule has 0 aliphatic carbocycles. The predicted molar refractivity (Wildman–Crippen MR) is 78.1 cm³/mol. The topological polar surface area (TPSA) is 24.5 Å². The molecule has 2 rings (SSSR count). The number of nitrogens with zero attached hydrogens (tertiary/aromatic N) is 1. The van der Waals surface area contributed by atoms with Gasteiger partial charge in [-0.05, 0) is 40.7 Å². The van der Waals surface area contributed by atoms with Crippen LogP contribution < -0.4 is 5.32 Å². The van der Waals surface area contributed by atoms with Crippen molar-refractivity contribution >= 4 is 27.5 Å². The number of benzene rings is 1. The van der Waals surface area contributed by atoms with Crippen molar-refractivity contribution in [2.24, 2.45) is 0 Å². The van der Waals surface area contributed by atoms with E-state index in [0.29, 0.717) is 6.10 Å². The van der Waals surface area contributed by atoms with E-state index in [1.807, 2.05) is 13.1 Å². The summed E-state index contributed by atoms with van der Waals surface area (Å²) in [5.74, 6) is 0. The maximum atomic E-state index is 6.00. The van der Waals surface area contributed by atoms with Crippen molar-refractivity contribution in [1.29, 1.82) is 0 Å². The van der Waals surface area contributed by atoms with Crippen LogP contribution in [0.15, 0.2) is 22.7 Å². The molecule has 1 unspecified atom stereocenters. The lowest BCUT2D eigenvalue weighted by Crippen LogP contribution is -2.45. The van der Waals surface area contributed by atoms with Crippen LogP contribution in [0.5, 0.6) is 0 Å². The number of likely N-dealkylation sites (N-methyl/N-ethyl adjacent to an activating group) is 1. The van der Waals surface area contributed by atoms with E-state index in [4.69, 9.17) is 16.3 Å². The van der Waals surface area contributed by atoms with Gasteiger partial charge in [0.15, 0.2) is 0 Å². The number of hydrogen-bond donors (Lipinski definition) is 1. The molecule has 100 valence electrons. The fourth-order valence-electron chi connectivity index (χ4n) is 2.17. The highest BCUT2D eigenvalue weighted by Crippen LogP contribution is 2.24. The minimum atomic E-state index is 0.291. The molecule has 1 atom stereocenters. The van der Waals surface area contributed by atoms with Gasteiger partial charge in [0.2, 0.25) is 0 Å². The molecule has 0 amide bonds. The van der Waals surface area contributed by atoms with Crippen molar-refractivity contribution in [1.82, 2.24) is 10.2 Å². The van der Waals surface area contributed by atoms with E-state index in [-0.39, 0.29) is 0 Å². The van der Waals surface area contributed by atoms with Crippen molar-refractivity contribution in [3.8, 4) is 0 Å². The molecule has 0 radical (unpaired) electrons. The summed E-state index contributed by atoms with van der Waals surface area (Å²) in [6.07, 6.45) is 0.291. The normalized spacial score (nSPS) is 21.2. The first-order valence-electron chi connectivity index (χ1n) is 6.11. The molecule has 1 fully saturated rings. The number of nitrogens with one attached hydrogen (secondary N) is 1. The van der Waals surface area contributed by atoms with Crippen LogP contribution in [0.4, 0.5) is 0 Å². The Morgan fingerprint density at radius 3 is 3.11 bits per heavy atom. The Hall–Kier alpha value is -0.130. The van der Waals surface area contributed by atoms with Crippen molar-refractivity contribution in [3.63, 3.8) is 0 Å². The summed E-state index contributed by atoms with van der Waals surface area (Å²) in [6, 6.07) is 6.10. The summed E-state index contributed by atoms with van der Waals surface area (Å²) < 4.78 is 6.65. The molecule has 1 heterocycles. The highest BCUT2D eigenvalue weighted by Gasteiger charge is 2.19. The van der Waals surface area contributed by atoms with Gasteiger partial charge in [0.1, 0.15) is 0 Å². The zero-order valence-corrected chi connectivity index (χ0v) is 12.8. The number of hydrogen-bond acceptors (Lipinski definition) is 3. The van der Waals surface area contributed by atoms with Gasteiger partial charge in [0, 0.05) is 30.7 Å². The summed E-state index contributed by atoms with van der Waals surface area (Å²) in [6.45, 7) is 4.61. The summed E-state index contributed by atoms with van der Waals surface area (Å²) in [5.41, 5.74) is 1.27. The van der Waals surface area contributed by atoms with Crippen molar-refractivity contribution in [3.05, 3.63) is 33.3 Å². The number of halogens is 2. The summed E-state index contributed by atoms with van der Waals surface area (Å²) >= 11 is 9.46. The largest absolute Gasteiger partial charge is 0.374 e. The first-order valence-corrected chi connectivity index (χ1v) is 7.28. The third kappa shape index (κ3) is 3.93. The van der Waals surface area contributed by atoms with Crippen LogP contribution in [0.2, 0.25) is 5.02 Å². The lowest BCUT2D eigenvalue weighted by Gasteiger charge is -2.32. The molecule has 3 nitrogen and oxygen atoms in total. The van der Waals surface area contributed by atoms with E-state index >= 15 is 0 Å². The van der Waals surface area contributed by atoms with E-state index in [0.717, 1.165) is 42.3 Å². The Morgan fingerprint density at radius 1 is 1.56 bits per heavy atom. The predicted octanol–water partition coefficient (Wildman–Crippen LogP) is 2.52. The average molecular weight is 334 g/mol. The molecule has 1 aromatic rings. The maximum Gasteiger partial charge on any atom is 0.0826 e. The molecule has 0 aromatic heterocycles. The Bertz CT molecular complexity index is 401. The highest BCUT2D eigenvalue weighted by molar-refractivity contribution is 9.10. The summed E-state index contributed by atoms with van der Waals surface area (Å²) in [5, 5.41) is 3.92. The van der Waals surface area contributed by atoms with E-state index in [2.05, 4.69) is 38.3 Å². The third-order valence-electron chi connectivity index (χ3n) is 3.04. The minimum absolute atomic E-state index is 0.291. The molecular weight excluding hydrogens is 316 g/mol. The van der Waals surface area contributed by atoms with E-state index in [1.54, 1.807) is 0 Å². The maximum absolute atomic E-state index is 6.00. The number of morpholine rings is 1. The number of rotatable bonds is 4. The van der Waals surface area contributed by atoms with Crippen molar-refractivity contribution < 1.29 is 4.74 Å². The van der Waals surface area contributed by atoms with Gasteiger partial charge in [-0.15, -0.1) is 0 Å². The number of ether oxygens (including phenoxy) is 1. The van der Waals surface area contributed by atoms with Gasteiger partial charge in [0.25, 0.3) is 0 Å². The van der Waals surface area contributed by atoms with E-state index in [9.17, 15) is 0 Å². The Balaban J connectivity index is 1.93. The van der Waals surface area contributed by atoms with Gasteiger partial charge in [-0.2, -0.15) is 0 Å². The average Bonchev–Trinajstić information content (AvgIpc) is 2.35. The minimum Gasteiger partial charge on any atom is -0.374 e. The first-order chi connectivity index (χ1) is 8.69. The van der Waals surface area contributed by atoms with Gasteiger partial charge in [0.05, 0.1) is 17.7 Å². The monoisotopic (exact) mass is 332 g/mol. The Labute approximate surface area is 122 Å². The Morgan fingerprint density at radius 2 is 2.39 bits per heavy atom. The standard InChI is InChI=1S/C13H18BrClN2O/c1-16-7-11-9-17(4-5-18-11)8-10-2-3-13(15)12(14)6-10/h2-3,6,11,16H,4-5,7-9H2,1H3. The lowest BCUT2D eigenvalue weighted by atomic mass is 10.2. The van der Waals surface area contributed by atoms with Crippen molar-refractivity contribution in [2.75, 3.05) is 33.3 Å². The fraction of sp³-hybridized carbons (Fsp3) is 0.538. The molecule has 5 heteroatoms. The van der Waals surface area contributed by atoms with Gasteiger partial charge in [-0.25, -0.2) is 0 Å². The van der Waals surface area contributed by atoms with Gasteiger partial charge < -0.3 is 10.1 Å². The molecule has 18 heavy (non-hydrogen) atoms. The van der Waals surface area contributed by atoms with Crippen LogP contribution >= 0.6 is 27.5 Å². The van der Waals surface area contributed by atoms with Gasteiger partial charge in [-0.3, -0.25) is 4.90 Å². The second-order valence-corrected chi connectivity index (χ2v) is 5.80. The smallest absolute Gasteiger partial charge is 0.0826 e. The first kappa shape index (κ1) is 14.3. The molecule has 1 saturated heterocycles. The Kier molecular flexibility index (Phi) is 5.45. The third-order valence-corrected chi connectivity index (χ3v) is 4.26. The summed E-state index contributed by atoms with van der Waals surface area (Å²) in [4.78, 5) is 2.42. The SMILES string of the molecule is CNCC1CN(Cc2ccc(Cl)c(Br)c2)CCO1. The van der Waals surface area contributed by atoms with Crippen LogP contribution in [0.1, 0.15) is 5.56 Å². The second-order valence-electron chi connectivity index (χ2n) is 4.53. The lowest BCUT2D eigenvalue weighted by molar-refractivity contribution is -0.0291. The van der Waals surface area contributed by atoms with Gasteiger partial charge in [-0.1, -0.05) is 17.7 Å². The molecule has 1 aliphatic heterocycles. The highest BCUT2D eigenvalue weighted by atomic mass is 79.9. The molecule has 1 aromatic carbocycles. The molecule has 0 spiro atoms. The molecular formula is C13H18BrClN2O. The van der Waals surface area contributed by atoms with E-state index < -0.39 is 0 Å².